The number of halogens is 2. The number of anilines is 1. The van der Waals surface area contributed by atoms with E-state index in [2.05, 4.69) is 10.0 Å². The Kier molecular flexibility index (Phi) is 7.87. The van der Waals surface area contributed by atoms with Gasteiger partial charge >= 0.3 is 5.97 Å². The maximum absolute atomic E-state index is 12.3. The van der Waals surface area contributed by atoms with Crippen molar-refractivity contribution in [2.75, 3.05) is 18.5 Å². The van der Waals surface area contributed by atoms with E-state index in [1.165, 1.54) is 12.1 Å². The van der Waals surface area contributed by atoms with Gasteiger partial charge in [-0.05, 0) is 29.8 Å². The molecule has 0 radical (unpaired) electrons. The van der Waals surface area contributed by atoms with E-state index in [0.29, 0.717) is 5.69 Å². The van der Waals surface area contributed by atoms with Crippen molar-refractivity contribution >= 4 is 50.8 Å². The Hall–Kier alpha value is -2.91. The van der Waals surface area contributed by atoms with Gasteiger partial charge < -0.3 is 10.1 Å². The van der Waals surface area contributed by atoms with Crippen molar-refractivity contribution in [3.05, 3.63) is 82.8 Å². The number of nitrogens with one attached hydrogen (secondary N) is 2. The van der Waals surface area contributed by atoms with Crippen LogP contribution in [0.2, 0.25) is 10.0 Å². The molecule has 7 nitrogen and oxygen atoms in total. The van der Waals surface area contributed by atoms with E-state index in [4.69, 9.17) is 27.9 Å². The highest BCUT2D eigenvalue weighted by molar-refractivity contribution is 7.89. The minimum absolute atomic E-state index is 0.0598. The lowest BCUT2D eigenvalue weighted by molar-refractivity contribution is -0.146. The van der Waals surface area contributed by atoms with Crippen LogP contribution in [0, 0.1) is 0 Å². The van der Waals surface area contributed by atoms with E-state index in [1.807, 2.05) is 42.5 Å². The average molecular weight is 493 g/mol. The molecule has 166 valence electrons. The lowest BCUT2D eigenvalue weighted by atomic mass is 10.0. The molecule has 0 saturated heterocycles. The van der Waals surface area contributed by atoms with Gasteiger partial charge in [0.25, 0.3) is 5.91 Å². The Balaban J connectivity index is 1.54. The largest absolute Gasteiger partial charge is 0.455 e. The molecule has 1 amide bonds. The predicted octanol–water partition coefficient (Wildman–Crippen LogP) is 4.12. The van der Waals surface area contributed by atoms with Crippen molar-refractivity contribution in [3.63, 3.8) is 0 Å². The third kappa shape index (κ3) is 6.30. The normalized spacial score (nSPS) is 11.1. The number of benzene rings is 3. The second-order valence-corrected chi connectivity index (χ2v) is 9.10. The summed E-state index contributed by atoms with van der Waals surface area (Å²) in [6.45, 7) is -1.23. The van der Waals surface area contributed by atoms with Gasteiger partial charge in [-0.2, -0.15) is 4.72 Å². The van der Waals surface area contributed by atoms with Gasteiger partial charge in [-0.1, -0.05) is 71.7 Å². The smallest absolute Gasteiger partial charge is 0.321 e. The summed E-state index contributed by atoms with van der Waals surface area (Å²) in [6, 6.07) is 20.4. The Labute approximate surface area is 195 Å². The Bertz CT molecular complexity index is 1230. The molecule has 0 atom stereocenters. The van der Waals surface area contributed by atoms with Gasteiger partial charge in [0.05, 0.1) is 14.9 Å². The average Bonchev–Trinajstić information content (AvgIpc) is 2.79. The fourth-order valence-corrected chi connectivity index (χ4v) is 4.08. The Morgan fingerprint density at radius 1 is 0.875 bits per heavy atom. The summed E-state index contributed by atoms with van der Waals surface area (Å²) in [5, 5.41) is 2.95. The summed E-state index contributed by atoms with van der Waals surface area (Å²) < 4.78 is 31.5. The maximum atomic E-state index is 12.3. The Morgan fingerprint density at radius 3 is 2.28 bits per heavy atom. The van der Waals surface area contributed by atoms with E-state index in [1.54, 1.807) is 12.1 Å². The number of amides is 1. The fourth-order valence-electron chi connectivity index (χ4n) is 2.73. The second-order valence-electron chi connectivity index (χ2n) is 6.52. The third-order valence-corrected chi connectivity index (χ3v) is 6.40. The van der Waals surface area contributed by atoms with Crippen molar-refractivity contribution < 1.29 is 22.7 Å². The molecule has 2 N–H and O–H groups in total. The fraction of sp³-hybridized carbons (Fsp3) is 0.0909. The first-order valence-electron chi connectivity index (χ1n) is 9.31. The summed E-state index contributed by atoms with van der Waals surface area (Å²) in [7, 11) is -4.01. The van der Waals surface area contributed by atoms with E-state index in [0.717, 1.165) is 17.2 Å². The molecule has 3 aromatic carbocycles. The second kappa shape index (κ2) is 10.6. The highest BCUT2D eigenvalue weighted by atomic mass is 35.5. The molecule has 32 heavy (non-hydrogen) atoms. The molecular formula is C22H18Cl2N2O5S. The number of esters is 1. The molecule has 0 aliphatic carbocycles. The zero-order valence-corrected chi connectivity index (χ0v) is 18.9. The molecule has 0 fully saturated rings. The van der Waals surface area contributed by atoms with Gasteiger partial charge in [0.15, 0.2) is 6.61 Å². The van der Waals surface area contributed by atoms with Gasteiger partial charge in [-0.25, -0.2) is 8.42 Å². The first-order chi connectivity index (χ1) is 15.3. The van der Waals surface area contributed by atoms with Crippen LogP contribution >= 0.6 is 23.2 Å². The predicted molar refractivity (Wildman–Crippen MR) is 123 cm³/mol. The lowest BCUT2D eigenvalue weighted by Gasteiger charge is -2.12. The number of hydrogen-bond donors (Lipinski definition) is 2. The molecule has 0 heterocycles. The number of ether oxygens (including phenoxy) is 1. The first-order valence-corrected chi connectivity index (χ1v) is 11.5. The van der Waals surface area contributed by atoms with Crippen LogP contribution in [0.1, 0.15) is 0 Å². The summed E-state index contributed by atoms with van der Waals surface area (Å²) in [4.78, 5) is 24.0. The number of carbonyl (C=O) groups excluding carboxylic acids is 2. The third-order valence-electron chi connectivity index (χ3n) is 4.26. The maximum Gasteiger partial charge on any atom is 0.321 e. The number of rotatable bonds is 8. The van der Waals surface area contributed by atoms with Crippen LogP contribution in [-0.2, 0) is 24.3 Å². The number of para-hydroxylation sites is 1. The van der Waals surface area contributed by atoms with Crippen molar-refractivity contribution in [2.45, 2.75) is 4.90 Å². The van der Waals surface area contributed by atoms with Gasteiger partial charge in [-0.15, -0.1) is 0 Å². The van der Waals surface area contributed by atoms with Gasteiger partial charge in [0.2, 0.25) is 10.0 Å². The number of sulfonamides is 1. The van der Waals surface area contributed by atoms with E-state index < -0.39 is 35.1 Å². The molecule has 0 bridgehead atoms. The molecule has 0 aliphatic rings. The quantitative estimate of drug-likeness (QED) is 0.460. The van der Waals surface area contributed by atoms with Crippen molar-refractivity contribution in [1.29, 1.82) is 0 Å². The standard InChI is InChI=1S/C22H18Cl2N2O5S/c23-18-11-10-16(12-19(18)24)32(29,30)25-13-22(28)31-14-21(27)26-20-9-5-4-8-17(20)15-6-2-1-3-7-15/h1-12,25H,13-14H2,(H,26,27). The van der Waals surface area contributed by atoms with Crippen molar-refractivity contribution in [3.8, 4) is 11.1 Å². The number of carbonyl (C=O) groups is 2. The molecular weight excluding hydrogens is 475 g/mol. The van der Waals surface area contributed by atoms with E-state index >= 15 is 0 Å². The van der Waals surface area contributed by atoms with Gasteiger partial charge in [0, 0.05) is 11.3 Å². The molecule has 0 aliphatic heterocycles. The van der Waals surface area contributed by atoms with Crippen LogP contribution < -0.4 is 10.0 Å². The highest BCUT2D eigenvalue weighted by Crippen LogP contribution is 2.27. The number of hydrogen-bond acceptors (Lipinski definition) is 5. The van der Waals surface area contributed by atoms with Crippen LogP contribution in [0.3, 0.4) is 0 Å². The van der Waals surface area contributed by atoms with Crippen LogP contribution in [0.4, 0.5) is 5.69 Å². The van der Waals surface area contributed by atoms with Crippen LogP contribution in [0.25, 0.3) is 11.1 Å². The molecule has 0 unspecified atom stereocenters. The molecule has 3 rings (SSSR count). The molecule has 0 spiro atoms. The summed E-state index contributed by atoms with van der Waals surface area (Å²) in [5.74, 6) is -1.48. The minimum atomic E-state index is -4.01. The summed E-state index contributed by atoms with van der Waals surface area (Å²) in [6.07, 6.45) is 0. The van der Waals surface area contributed by atoms with Gasteiger partial charge in [0.1, 0.15) is 6.54 Å². The first kappa shape index (κ1) is 23.7. The Morgan fingerprint density at radius 2 is 1.56 bits per heavy atom. The molecule has 0 aromatic heterocycles. The van der Waals surface area contributed by atoms with Crippen molar-refractivity contribution in [2.24, 2.45) is 0 Å². The summed E-state index contributed by atoms with van der Waals surface area (Å²) in [5.41, 5.74) is 2.28. The SMILES string of the molecule is O=C(COC(=O)CNS(=O)(=O)c1ccc(Cl)c(Cl)c1)Nc1ccccc1-c1ccccc1. The van der Waals surface area contributed by atoms with Gasteiger partial charge in [-0.3, -0.25) is 9.59 Å². The molecule has 0 saturated carbocycles. The zero-order valence-electron chi connectivity index (χ0n) is 16.5. The zero-order chi connectivity index (χ0) is 23.1. The molecule has 3 aromatic rings. The van der Waals surface area contributed by atoms with Crippen LogP contribution in [0.15, 0.2) is 77.7 Å². The van der Waals surface area contributed by atoms with E-state index in [9.17, 15) is 18.0 Å². The van der Waals surface area contributed by atoms with Crippen molar-refractivity contribution in [1.82, 2.24) is 4.72 Å². The van der Waals surface area contributed by atoms with Crippen LogP contribution in [-0.4, -0.2) is 33.4 Å². The lowest BCUT2D eigenvalue weighted by Crippen LogP contribution is -2.32. The van der Waals surface area contributed by atoms with Crippen LogP contribution in [0.5, 0.6) is 0 Å². The summed E-state index contributed by atoms with van der Waals surface area (Å²) >= 11 is 11.6. The minimum Gasteiger partial charge on any atom is -0.455 e. The van der Waals surface area contributed by atoms with E-state index in [-0.39, 0.29) is 14.9 Å². The topological polar surface area (TPSA) is 102 Å². The highest BCUT2D eigenvalue weighted by Gasteiger charge is 2.18. The molecule has 10 heteroatoms. The monoisotopic (exact) mass is 492 g/mol.